The molecule has 1 aliphatic rings. The summed E-state index contributed by atoms with van der Waals surface area (Å²) < 4.78 is 11.1. The number of nitrogens with one attached hydrogen (secondary N) is 1. The van der Waals surface area contributed by atoms with Gasteiger partial charge < -0.3 is 19.4 Å². The Hall–Kier alpha value is -2.34. The third kappa shape index (κ3) is 3.14. The van der Waals surface area contributed by atoms with Crippen LogP contribution in [-0.2, 0) is 9.53 Å². The van der Waals surface area contributed by atoms with Crippen LogP contribution in [0.2, 0.25) is 0 Å². The van der Waals surface area contributed by atoms with Crippen molar-refractivity contribution in [1.29, 1.82) is 0 Å². The van der Waals surface area contributed by atoms with Gasteiger partial charge in [-0.3, -0.25) is 9.59 Å². The molecule has 1 aliphatic heterocycles. The second-order valence-corrected chi connectivity index (χ2v) is 6.01. The van der Waals surface area contributed by atoms with Crippen LogP contribution in [0, 0.1) is 5.92 Å². The maximum Gasteiger partial charge on any atom is 0.291 e. The molecule has 2 heterocycles. The minimum atomic E-state index is -0.214. The molecule has 1 atom stereocenters. The van der Waals surface area contributed by atoms with Gasteiger partial charge in [-0.05, 0) is 18.6 Å². The van der Waals surface area contributed by atoms with E-state index in [1.807, 2.05) is 32.0 Å². The molecule has 1 N–H and O–H groups in total. The fourth-order valence-corrected chi connectivity index (χ4v) is 2.66. The highest BCUT2D eigenvalue weighted by Crippen LogP contribution is 2.32. The van der Waals surface area contributed by atoms with Gasteiger partial charge in [0.1, 0.15) is 11.3 Å². The number of carbonyl (C=O) groups is 2. The van der Waals surface area contributed by atoms with E-state index in [0.717, 1.165) is 11.8 Å². The largest absolute Gasteiger partial charge is 0.449 e. The number of nitrogens with zero attached hydrogens (tertiary/aromatic N) is 1. The monoisotopic (exact) mass is 330 g/mol. The smallest absolute Gasteiger partial charge is 0.291 e. The van der Waals surface area contributed by atoms with Crippen LogP contribution in [0.4, 0.5) is 5.69 Å². The SMILES string of the molecule is CC[C@@H](C)C(=O)Nc1c(C(=O)N2CCOCC2)oc2ccccc12. The van der Waals surface area contributed by atoms with Crippen molar-refractivity contribution >= 4 is 28.5 Å². The molecule has 0 saturated carbocycles. The van der Waals surface area contributed by atoms with Crippen LogP contribution in [0.25, 0.3) is 11.0 Å². The van der Waals surface area contributed by atoms with Gasteiger partial charge in [-0.2, -0.15) is 0 Å². The van der Waals surface area contributed by atoms with Gasteiger partial charge in [0.05, 0.1) is 13.2 Å². The van der Waals surface area contributed by atoms with Crippen LogP contribution >= 0.6 is 0 Å². The van der Waals surface area contributed by atoms with Crippen LogP contribution in [0.15, 0.2) is 28.7 Å². The summed E-state index contributed by atoms with van der Waals surface area (Å²) in [5.74, 6) is -0.270. The molecule has 1 fully saturated rings. The lowest BCUT2D eigenvalue weighted by Crippen LogP contribution is -2.40. The van der Waals surface area contributed by atoms with E-state index in [1.54, 1.807) is 11.0 Å². The zero-order valence-electron chi connectivity index (χ0n) is 14.0. The summed E-state index contributed by atoms with van der Waals surface area (Å²) in [6.07, 6.45) is 0.731. The summed E-state index contributed by atoms with van der Waals surface area (Å²) in [7, 11) is 0. The minimum Gasteiger partial charge on any atom is -0.449 e. The normalized spacial score (nSPS) is 16.2. The van der Waals surface area contributed by atoms with Gasteiger partial charge in [-0.25, -0.2) is 0 Å². The zero-order chi connectivity index (χ0) is 17.1. The highest BCUT2D eigenvalue weighted by atomic mass is 16.5. The van der Waals surface area contributed by atoms with E-state index >= 15 is 0 Å². The van der Waals surface area contributed by atoms with Crippen molar-refractivity contribution in [2.24, 2.45) is 5.92 Å². The summed E-state index contributed by atoms with van der Waals surface area (Å²) in [6, 6.07) is 7.35. The lowest BCUT2D eigenvalue weighted by molar-refractivity contribution is -0.119. The van der Waals surface area contributed by atoms with Crippen LogP contribution in [0.5, 0.6) is 0 Å². The van der Waals surface area contributed by atoms with Crippen LogP contribution < -0.4 is 5.32 Å². The Bertz CT molecular complexity index is 747. The number of morpholine rings is 1. The average Bonchev–Trinajstić information content (AvgIpc) is 2.99. The first-order chi connectivity index (χ1) is 11.6. The highest BCUT2D eigenvalue weighted by Gasteiger charge is 2.28. The topological polar surface area (TPSA) is 71.8 Å². The Balaban J connectivity index is 1.98. The Labute approximate surface area is 140 Å². The third-order valence-electron chi connectivity index (χ3n) is 4.40. The van der Waals surface area contributed by atoms with Crippen LogP contribution in [-0.4, -0.2) is 43.0 Å². The van der Waals surface area contributed by atoms with E-state index in [1.165, 1.54) is 0 Å². The van der Waals surface area contributed by atoms with E-state index in [9.17, 15) is 9.59 Å². The van der Waals surface area contributed by atoms with E-state index in [4.69, 9.17) is 9.15 Å². The first-order valence-corrected chi connectivity index (χ1v) is 8.31. The highest BCUT2D eigenvalue weighted by molar-refractivity contribution is 6.11. The number of furan rings is 1. The number of hydrogen-bond donors (Lipinski definition) is 1. The van der Waals surface area contributed by atoms with Gasteiger partial charge in [0.25, 0.3) is 5.91 Å². The number of carbonyl (C=O) groups excluding carboxylic acids is 2. The van der Waals surface area contributed by atoms with Gasteiger partial charge in [-0.1, -0.05) is 26.0 Å². The van der Waals surface area contributed by atoms with Crippen LogP contribution in [0.3, 0.4) is 0 Å². The fraction of sp³-hybridized carbons (Fsp3) is 0.444. The van der Waals surface area contributed by atoms with E-state index in [-0.39, 0.29) is 23.5 Å². The number of para-hydroxylation sites is 1. The maximum absolute atomic E-state index is 12.8. The quantitative estimate of drug-likeness (QED) is 0.935. The third-order valence-corrected chi connectivity index (χ3v) is 4.40. The number of ether oxygens (including phenoxy) is 1. The molecule has 0 bridgehead atoms. The number of amides is 2. The molecule has 0 spiro atoms. The molecule has 6 nitrogen and oxygen atoms in total. The molecule has 2 amide bonds. The van der Waals surface area contributed by atoms with Crippen LogP contribution in [0.1, 0.15) is 30.8 Å². The van der Waals surface area contributed by atoms with Crippen molar-refractivity contribution in [1.82, 2.24) is 4.90 Å². The molecule has 2 aromatic rings. The van der Waals surface area contributed by atoms with Crippen molar-refractivity contribution in [3.63, 3.8) is 0 Å². The molecular weight excluding hydrogens is 308 g/mol. The lowest BCUT2D eigenvalue weighted by atomic mass is 10.1. The molecular formula is C18H22N2O4. The van der Waals surface area contributed by atoms with E-state index < -0.39 is 0 Å². The van der Waals surface area contributed by atoms with Crippen molar-refractivity contribution < 1.29 is 18.7 Å². The molecule has 1 aromatic heterocycles. The van der Waals surface area contributed by atoms with E-state index in [0.29, 0.717) is 37.6 Å². The average molecular weight is 330 g/mol. The Morgan fingerprint density at radius 2 is 1.96 bits per heavy atom. The summed E-state index contributed by atoms with van der Waals surface area (Å²) in [4.78, 5) is 26.9. The molecule has 24 heavy (non-hydrogen) atoms. The molecule has 0 radical (unpaired) electrons. The fourth-order valence-electron chi connectivity index (χ4n) is 2.66. The first-order valence-electron chi connectivity index (χ1n) is 8.31. The van der Waals surface area contributed by atoms with Gasteiger partial charge in [0.15, 0.2) is 0 Å². The number of fused-ring (bicyclic) bond motifs is 1. The van der Waals surface area contributed by atoms with Crippen molar-refractivity contribution in [3.8, 4) is 0 Å². The Morgan fingerprint density at radius 3 is 2.67 bits per heavy atom. The zero-order valence-corrected chi connectivity index (χ0v) is 14.0. The molecule has 3 rings (SSSR count). The number of rotatable bonds is 4. The van der Waals surface area contributed by atoms with E-state index in [2.05, 4.69) is 5.32 Å². The van der Waals surface area contributed by atoms with Gasteiger partial charge in [0.2, 0.25) is 11.7 Å². The van der Waals surface area contributed by atoms with Crippen molar-refractivity contribution in [3.05, 3.63) is 30.0 Å². The number of anilines is 1. The minimum absolute atomic E-state index is 0.111. The number of benzene rings is 1. The number of hydrogen-bond acceptors (Lipinski definition) is 4. The van der Waals surface area contributed by atoms with Gasteiger partial charge in [0, 0.05) is 24.4 Å². The van der Waals surface area contributed by atoms with Gasteiger partial charge in [-0.15, -0.1) is 0 Å². The lowest BCUT2D eigenvalue weighted by Gasteiger charge is -2.26. The molecule has 6 heteroatoms. The van der Waals surface area contributed by atoms with Gasteiger partial charge >= 0.3 is 0 Å². The maximum atomic E-state index is 12.8. The summed E-state index contributed by atoms with van der Waals surface area (Å²) in [5.41, 5.74) is 1.06. The molecule has 1 saturated heterocycles. The second kappa shape index (κ2) is 7.05. The van der Waals surface area contributed by atoms with Crippen molar-refractivity contribution in [2.75, 3.05) is 31.6 Å². The molecule has 128 valence electrons. The molecule has 0 aliphatic carbocycles. The van der Waals surface area contributed by atoms with Crippen molar-refractivity contribution in [2.45, 2.75) is 20.3 Å². The second-order valence-electron chi connectivity index (χ2n) is 6.01. The Kier molecular flexibility index (Phi) is 4.85. The molecule has 1 aromatic carbocycles. The summed E-state index contributed by atoms with van der Waals surface area (Å²) in [5, 5.41) is 3.63. The predicted octanol–water partition coefficient (Wildman–Crippen LogP) is 2.89. The standard InChI is InChI=1S/C18H22N2O4/c1-3-12(2)17(21)19-15-13-6-4-5-7-14(13)24-16(15)18(22)20-8-10-23-11-9-20/h4-7,12H,3,8-11H2,1-2H3,(H,19,21)/t12-/m1/s1. The predicted molar refractivity (Wildman–Crippen MR) is 91.0 cm³/mol. The Morgan fingerprint density at radius 1 is 1.25 bits per heavy atom. The summed E-state index contributed by atoms with van der Waals surface area (Å²) in [6.45, 7) is 5.89. The summed E-state index contributed by atoms with van der Waals surface area (Å²) >= 11 is 0. The molecule has 0 unspecified atom stereocenters. The first kappa shape index (κ1) is 16.5.